The van der Waals surface area contributed by atoms with Crippen LogP contribution in [0.15, 0.2) is 18.3 Å². The largest absolute Gasteiger partial charge is 0.329 e. The van der Waals surface area contributed by atoms with Crippen molar-refractivity contribution in [2.45, 2.75) is 45.6 Å². The Kier molecular flexibility index (Phi) is 3.66. The normalized spacial score (nSPS) is 14.9. The first-order valence-electron chi connectivity index (χ1n) is 6.68. The van der Waals surface area contributed by atoms with Gasteiger partial charge in [-0.2, -0.15) is 0 Å². The zero-order valence-corrected chi connectivity index (χ0v) is 11.5. The molecule has 2 aromatic heterocycles. The molecule has 2 rings (SSSR count). The van der Waals surface area contributed by atoms with E-state index < -0.39 is 0 Å². The molecule has 4 heteroatoms. The number of pyridine rings is 1. The number of aryl methyl sites for hydroxylation is 1. The first kappa shape index (κ1) is 13.0. The summed E-state index contributed by atoms with van der Waals surface area (Å²) in [6.45, 7) is 8.07. The third kappa shape index (κ3) is 2.01. The molecule has 0 fully saturated rings. The molecule has 0 radical (unpaired) electrons. The number of hydrogen-bond acceptors (Lipinski definition) is 3. The Morgan fingerprint density at radius 1 is 1.39 bits per heavy atom. The molecule has 2 heterocycles. The van der Waals surface area contributed by atoms with E-state index in [0.717, 1.165) is 36.4 Å². The van der Waals surface area contributed by atoms with Crippen LogP contribution in [0.3, 0.4) is 0 Å². The van der Waals surface area contributed by atoms with Crippen molar-refractivity contribution in [2.24, 2.45) is 5.73 Å². The molecule has 0 aliphatic heterocycles. The fraction of sp³-hybridized carbons (Fsp3) is 0.571. The van der Waals surface area contributed by atoms with E-state index >= 15 is 0 Å². The van der Waals surface area contributed by atoms with Crippen LogP contribution < -0.4 is 5.73 Å². The highest BCUT2D eigenvalue weighted by Gasteiger charge is 2.29. The summed E-state index contributed by atoms with van der Waals surface area (Å²) >= 11 is 0. The maximum Gasteiger partial charge on any atom is 0.159 e. The fourth-order valence-corrected chi connectivity index (χ4v) is 2.25. The lowest BCUT2D eigenvalue weighted by atomic mass is 9.86. The number of rotatable bonds is 5. The number of imidazole rings is 1. The van der Waals surface area contributed by atoms with Gasteiger partial charge in [0.05, 0.1) is 0 Å². The summed E-state index contributed by atoms with van der Waals surface area (Å²) in [6, 6.07) is 3.95. The minimum atomic E-state index is -0.0735. The van der Waals surface area contributed by atoms with Gasteiger partial charge in [0.2, 0.25) is 0 Å². The number of hydrogen-bond donors (Lipinski definition) is 1. The summed E-state index contributed by atoms with van der Waals surface area (Å²) in [7, 11) is 0. The first-order chi connectivity index (χ1) is 8.66. The highest BCUT2D eigenvalue weighted by Crippen LogP contribution is 2.28. The average Bonchev–Trinajstić information content (AvgIpc) is 2.78. The van der Waals surface area contributed by atoms with Crippen LogP contribution in [0.25, 0.3) is 11.2 Å². The Morgan fingerprint density at radius 3 is 2.78 bits per heavy atom. The molecule has 0 saturated carbocycles. The van der Waals surface area contributed by atoms with Crippen LogP contribution in [0, 0.1) is 0 Å². The second-order valence-corrected chi connectivity index (χ2v) is 5.05. The van der Waals surface area contributed by atoms with Crippen LogP contribution in [0.5, 0.6) is 0 Å². The van der Waals surface area contributed by atoms with E-state index in [9.17, 15) is 0 Å². The molecule has 0 spiro atoms. The van der Waals surface area contributed by atoms with Gasteiger partial charge < -0.3 is 10.3 Å². The van der Waals surface area contributed by atoms with Gasteiger partial charge in [-0.3, -0.25) is 0 Å². The van der Waals surface area contributed by atoms with Gasteiger partial charge in [0.1, 0.15) is 11.3 Å². The first-order valence-corrected chi connectivity index (χ1v) is 6.68. The van der Waals surface area contributed by atoms with E-state index in [-0.39, 0.29) is 5.41 Å². The van der Waals surface area contributed by atoms with E-state index in [1.54, 1.807) is 0 Å². The minimum Gasteiger partial charge on any atom is -0.329 e. The Balaban J connectivity index is 2.65. The Hall–Kier alpha value is -1.42. The molecule has 0 aliphatic rings. The maximum absolute atomic E-state index is 5.96. The standard InChI is InChI=1S/C14H22N4/c1-4-9-18-12-11(7-6-8-16-12)17-13(18)14(3,5-2)10-15/h6-8H,4-5,9-10,15H2,1-3H3. The lowest BCUT2D eigenvalue weighted by Crippen LogP contribution is -2.34. The van der Waals surface area contributed by atoms with Crippen molar-refractivity contribution in [3.63, 3.8) is 0 Å². The summed E-state index contributed by atoms with van der Waals surface area (Å²) < 4.78 is 2.23. The van der Waals surface area contributed by atoms with Gasteiger partial charge >= 0.3 is 0 Å². The molecule has 2 aromatic rings. The van der Waals surface area contributed by atoms with Crippen molar-refractivity contribution in [1.82, 2.24) is 14.5 Å². The van der Waals surface area contributed by atoms with E-state index in [0.29, 0.717) is 6.54 Å². The van der Waals surface area contributed by atoms with Crippen LogP contribution in [0.2, 0.25) is 0 Å². The summed E-state index contributed by atoms with van der Waals surface area (Å²) in [5, 5.41) is 0. The highest BCUT2D eigenvalue weighted by molar-refractivity contribution is 5.71. The molecule has 0 aromatic carbocycles. The Morgan fingerprint density at radius 2 is 2.17 bits per heavy atom. The summed E-state index contributed by atoms with van der Waals surface area (Å²) in [5.41, 5.74) is 7.83. The molecule has 1 atom stereocenters. The molecule has 0 amide bonds. The van der Waals surface area contributed by atoms with Crippen molar-refractivity contribution in [2.75, 3.05) is 6.54 Å². The average molecular weight is 246 g/mol. The lowest BCUT2D eigenvalue weighted by molar-refractivity contribution is 0.415. The molecule has 4 nitrogen and oxygen atoms in total. The second kappa shape index (κ2) is 5.06. The Bertz CT molecular complexity index is 526. The van der Waals surface area contributed by atoms with Crippen molar-refractivity contribution in [3.8, 4) is 0 Å². The summed E-state index contributed by atoms with van der Waals surface area (Å²) in [6.07, 6.45) is 3.88. The second-order valence-electron chi connectivity index (χ2n) is 5.05. The van der Waals surface area contributed by atoms with Gasteiger partial charge in [0.25, 0.3) is 0 Å². The Labute approximate surface area is 108 Å². The van der Waals surface area contributed by atoms with E-state index in [1.165, 1.54) is 0 Å². The number of aromatic nitrogens is 3. The van der Waals surface area contributed by atoms with E-state index in [1.807, 2.05) is 18.3 Å². The van der Waals surface area contributed by atoms with Crippen molar-refractivity contribution in [1.29, 1.82) is 0 Å². The predicted molar refractivity (Wildman–Crippen MR) is 74.5 cm³/mol. The van der Waals surface area contributed by atoms with Gasteiger partial charge in [0, 0.05) is 24.7 Å². The van der Waals surface area contributed by atoms with Gasteiger partial charge in [-0.15, -0.1) is 0 Å². The molecular weight excluding hydrogens is 224 g/mol. The molecular formula is C14H22N4. The summed E-state index contributed by atoms with van der Waals surface area (Å²) in [5.74, 6) is 1.07. The van der Waals surface area contributed by atoms with E-state index in [4.69, 9.17) is 10.7 Å². The van der Waals surface area contributed by atoms with Crippen LogP contribution in [-0.2, 0) is 12.0 Å². The van der Waals surface area contributed by atoms with E-state index in [2.05, 4.69) is 30.3 Å². The maximum atomic E-state index is 5.96. The monoisotopic (exact) mass is 246 g/mol. The third-order valence-electron chi connectivity index (χ3n) is 3.72. The van der Waals surface area contributed by atoms with Gasteiger partial charge in [-0.05, 0) is 25.0 Å². The topological polar surface area (TPSA) is 56.7 Å². The van der Waals surface area contributed by atoms with Gasteiger partial charge in [-0.1, -0.05) is 20.8 Å². The smallest absolute Gasteiger partial charge is 0.159 e. The predicted octanol–water partition coefficient (Wildman–Crippen LogP) is 2.47. The number of nitrogens with zero attached hydrogens (tertiary/aromatic N) is 3. The quantitative estimate of drug-likeness (QED) is 0.881. The summed E-state index contributed by atoms with van der Waals surface area (Å²) in [4.78, 5) is 9.23. The van der Waals surface area contributed by atoms with Crippen LogP contribution in [-0.4, -0.2) is 21.1 Å². The van der Waals surface area contributed by atoms with Gasteiger partial charge in [0.15, 0.2) is 5.65 Å². The SMILES string of the molecule is CCCn1c(C(C)(CC)CN)nc2cccnc21. The van der Waals surface area contributed by atoms with Crippen molar-refractivity contribution in [3.05, 3.63) is 24.2 Å². The minimum absolute atomic E-state index is 0.0735. The molecule has 2 N–H and O–H groups in total. The fourth-order valence-electron chi connectivity index (χ4n) is 2.25. The van der Waals surface area contributed by atoms with Crippen molar-refractivity contribution >= 4 is 11.2 Å². The zero-order valence-electron chi connectivity index (χ0n) is 11.5. The van der Waals surface area contributed by atoms with Gasteiger partial charge in [-0.25, -0.2) is 9.97 Å². The lowest BCUT2D eigenvalue weighted by Gasteiger charge is -2.26. The van der Waals surface area contributed by atoms with Crippen molar-refractivity contribution < 1.29 is 0 Å². The molecule has 0 saturated heterocycles. The van der Waals surface area contributed by atoms with Crippen LogP contribution >= 0.6 is 0 Å². The molecule has 98 valence electrons. The number of fused-ring (bicyclic) bond motifs is 1. The van der Waals surface area contributed by atoms with Crippen LogP contribution in [0.4, 0.5) is 0 Å². The molecule has 0 aliphatic carbocycles. The molecule has 1 unspecified atom stereocenters. The zero-order chi connectivity index (χ0) is 13.2. The molecule has 18 heavy (non-hydrogen) atoms. The number of nitrogens with two attached hydrogens (primary N) is 1. The highest BCUT2D eigenvalue weighted by atomic mass is 15.1. The van der Waals surface area contributed by atoms with Crippen LogP contribution in [0.1, 0.15) is 39.4 Å². The molecule has 0 bridgehead atoms. The third-order valence-corrected chi connectivity index (χ3v) is 3.72.